The van der Waals surface area contributed by atoms with E-state index in [1.807, 2.05) is 57.2 Å². The molecule has 5 N–H and O–H groups in total. The van der Waals surface area contributed by atoms with Gasteiger partial charge in [0.25, 0.3) is 11.8 Å². The number of halogens is 2. The van der Waals surface area contributed by atoms with Crippen LogP contribution in [0.3, 0.4) is 0 Å². The third-order valence-corrected chi connectivity index (χ3v) is 15.6. The second kappa shape index (κ2) is 26.7. The number of imidazole rings is 1. The zero-order chi connectivity index (χ0) is 58.7. The Morgan fingerprint density at radius 2 is 1.35 bits per heavy atom. The number of hydrogen-bond donors (Lipinski definition) is 4. The Balaban J connectivity index is 0.000000212. The zero-order valence-electron chi connectivity index (χ0n) is 47.9. The summed E-state index contributed by atoms with van der Waals surface area (Å²) in [7, 11) is -1.33. The first-order chi connectivity index (χ1) is 39.8. The summed E-state index contributed by atoms with van der Waals surface area (Å²) >= 11 is 0. The molecule has 83 heavy (non-hydrogen) atoms. The van der Waals surface area contributed by atoms with Crippen LogP contribution in [0, 0.1) is 11.6 Å². The first-order valence-electron chi connectivity index (χ1n) is 28.0. The summed E-state index contributed by atoms with van der Waals surface area (Å²) in [5.74, 6) is -1.57. The summed E-state index contributed by atoms with van der Waals surface area (Å²) in [4.78, 5) is 60.7. The number of ether oxygens (including phenoxy) is 2. The Labute approximate surface area is 483 Å². The fraction of sp³-hybridized carbons (Fsp3) is 0.383. The first-order valence-corrected chi connectivity index (χ1v) is 31.7. The standard InChI is InChI=1S/C35H47FN8O4Si.C25H26FN7O/c1-35(2,3)48-34(46)39-27-11-9-15-42(22-27)31-28(36)12-7-13-29(31)41-33(45)32-40-30(23-43(32)24-47-16-17-49(4,5)6)26-19-38-44(21-26)20-25-10-8-14-37-18-25;26-20-6-1-7-22(24(20)32-11-3-5-19(27)16-32)31-25(34)23-9-8-21(30-23)18-13-29-33(15-18)14-17-4-2-10-28-12-17/h7-8,10,12-14,18-19,21,23,27H,9,11,15-17,20,22,24H2,1-6H3,(H,39,46)(H,41,45);1-2,4,6-8,10,12-13,15,19H,3,5,9,11,14,16,27H2,(H,31,34)/t27-;19-/m11/s1. The number of nitrogens with one attached hydrogen (secondary N) is 3. The average Bonchev–Trinajstić information content (AvgIpc) is 4.33. The summed E-state index contributed by atoms with van der Waals surface area (Å²) in [5, 5.41) is 17.6. The van der Waals surface area contributed by atoms with Crippen molar-refractivity contribution in [2.45, 2.75) is 116 Å². The highest BCUT2D eigenvalue weighted by molar-refractivity contribution is 6.76. The predicted molar refractivity (Wildman–Crippen MR) is 320 cm³/mol. The van der Waals surface area contributed by atoms with Gasteiger partial charge in [-0.05, 0) is 100 Å². The molecule has 2 aromatic carbocycles. The lowest BCUT2D eigenvalue weighted by Crippen LogP contribution is -2.49. The zero-order valence-corrected chi connectivity index (χ0v) is 48.9. The quantitative estimate of drug-likeness (QED) is 0.0464. The van der Waals surface area contributed by atoms with Gasteiger partial charge in [0.05, 0.1) is 59.6 Å². The van der Waals surface area contributed by atoms with Gasteiger partial charge in [0.2, 0.25) is 5.82 Å². The van der Waals surface area contributed by atoms with Gasteiger partial charge >= 0.3 is 6.09 Å². The van der Waals surface area contributed by atoms with Crippen molar-refractivity contribution in [3.05, 3.63) is 157 Å². The molecule has 7 aromatic rings. The molecular weight excluding hydrogens is 1080 g/mol. The van der Waals surface area contributed by atoms with Gasteiger partial charge in [-0.2, -0.15) is 10.2 Å². The predicted octanol–water partition coefficient (Wildman–Crippen LogP) is 9.60. The van der Waals surface area contributed by atoms with Crippen LogP contribution in [-0.4, -0.2) is 121 Å². The maximum Gasteiger partial charge on any atom is 0.407 e. The van der Waals surface area contributed by atoms with Crippen LogP contribution in [0.25, 0.3) is 17.0 Å². The number of nitrogens with two attached hydrogens (primary N) is 1. The van der Waals surface area contributed by atoms with E-state index in [4.69, 9.17) is 20.2 Å². The fourth-order valence-corrected chi connectivity index (χ4v) is 10.6. The van der Waals surface area contributed by atoms with Gasteiger partial charge in [-0.3, -0.25) is 28.9 Å². The number of pyridine rings is 2. The number of carbonyl (C=O) groups is 3. The maximum absolute atomic E-state index is 15.5. The molecule has 2 saturated heterocycles. The minimum Gasteiger partial charge on any atom is -0.444 e. The van der Waals surface area contributed by atoms with E-state index in [9.17, 15) is 18.8 Å². The highest BCUT2D eigenvalue weighted by Crippen LogP contribution is 2.34. The Kier molecular flexibility index (Phi) is 19.0. The van der Waals surface area contributed by atoms with Gasteiger partial charge in [0, 0.05) is 114 Å². The van der Waals surface area contributed by atoms with E-state index in [1.54, 1.807) is 97.7 Å². The SMILES string of the molecule is CC(C)(C)OC(=O)N[C@@H]1CCCN(c2c(F)cccc2NC(=O)c2nc(-c3cnn(Cc4cccnc4)c3)cn2COCC[Si](C)(C)C)C1.N[C@@H]1CCCN(c2c(F)cccc2NC(=O)C2=NC(c3cnn(Cc4cccnc4)c3)=CC2)C1. The van der Waals surface area contributed by atoms with Crippen LogP contribution in [0.4, 0.5) is 36.3 Å². The molecular formula is C60H73F2N15O5Si. The van der Waals surface area contributed by atoms with Gasteiger partial charge in [0.15, 0.2) is 0 Å². The summed E-state index contributed by atoms with van der Waals surface area (Å²) in [6.07, 6.45) is 21.1. The van der Waals surface area contributed by atoms with Crippen molar-refractivity contribution >= 4 is 60.1 Å². The van der Waals surface area contributed by atoms with Crippen molar-refractivity contribution in [3.63, 3.8) is 0 Å². The molecule has 0 saturated carbocycles. The van der Waals surface area contributed by atoms with Crippen LogP contribution in [0.15, 0.2) is 128 Å². The Morgan fingerprint density at radius 1 is 0.747 bits per heavy atom. The lowest BCUT2D eigenvalue weighted by molar-refractivity contribution is -0.110. The number of alkyl carbamates (subject to hydrolysis) is 1. The van der Waals surface area contributed by atoms with Gasteiger partial charge < -0.3 is 45.5 Å². The molecule has 23 heteroatoms. The van der Waals surface area contributed by atoms with Crippen molar-refractivity contribution in [2.24, 2.45) is 10.7 Å². The molecule has 0 bridgehead atoms. The van der Waals surface area contributed by atoms with Crippen LogP contribution < -0.4 is 31.5 Å². The monoisotopic (exact) mass is 1150 g/mol. The summed E-state index contributed by atoms with van der Waals surface area (Å²) < 4.78 is 47.0. The second-order valence-corrected chi connectivity index (χ2v) is 28.8. The molecule has 0 radical (unpaired) electrons. The molecule has 0 unspecified atom stereocenters. The number of nitrogens with zero attached hydrogens (tertiary/aromatic N) is 11. The molecule has 5 aromatic heterocycles. The van der Waals surface area contributed by atoms with Crippen molar-refractivity contribution in [3.8, 4) is 11.3 Å². The lowest BCUT2D eigenvalue weighted by atomic mass is 10.0. The van der Waals surface area contributed by atoms with Gasteiger partial charge in [-0.1, -0.05) is 50.0 Å². The third-order valence-electron chi connectivity index (χ3n) is 13.9. The van der Waals surface area contributed by atoms with E-state index in [0.717, 1.165) is 54.0 Å². The number of piperidine rings is 2. The number of para-hydroxylation sites is 2. The number of carbonyl (C=O) groups excluding carboxylic acids is 3. The number of aromatic nitrogens is 8. The third kappa shape index (κ3) is 16.4. The smallest absolute Gasteiger partial charge is 0.407 e. The summed E-state index contributed by atoms with van der Waals surface area (Å²) in [6.45, 7) is 16.3. The first kappa shape index (κ1) is 59.2. The van der Waals surface area contributed by atoms with Gasteiger partial charge in [-0.25, -0.2) is 23.6 Å². The van der Waals surface area contributed by atoms with E-state index >= 15 is 4.39 Å². The van der Waals surface area contributed by atoms with Crippen molar-refractivity contribution in [1.82, 2.24) is 44.4 Å². The average molecular weight is 1150 g/mol. The molecule has 3 aliphatic heterocycles. The van der Waals surface area contributed by atoms with E-state index in [2.05, 4.69) is 60.7 Å². The van der Waals surface area contributed by atoms with Crippen molar-refractivity contribution in [2.75, 3.05) is 53.2 Å². The minimum atomic E-state index is -1.33. The topological polar surface area (TPSA) is 230 Å². The lowest BCUT2D eigenvalue weighted by Gasteiger charge is -2.36. The Morgan fingerprint density at radius 3 is 1.95 bits per heavy atom. The van der Waals surface area contributed by atoms with Crippen LogP contribution in [0.2, 0.25) is 25.7 Å². The van der Waals surface area contributed by atoms with Crippen LogP contribution in [0.5, 0.6) is 0 Å². The molecule has 20 nitrogen and oxygen atoms in total. The number of benzene rings is 2. The molecule has 2 fully saturated rings. The summed E-state index contributed by atoms with van der Waals surface area (Å²) in [6, 6.07) is 17.7. The van der Waals surface area contributed by atoms with Crippen LogP contribution in [-0.2, 0) is 34.1 Å². The number of amides is 3. The Bertz CT molecular complexity index is 3430. The van der Waals surface area contributed by atoms with E-state index in [-0.39, 0.29) is 42.1 Å². The van der Waals surface area contributed by atoms with E-state index in [0.29, 0.717) is 86.5 Å². The molecule has 10 rings (SSSR count). The maximum atomic E-state index is 15.5. The molecule has 3 aliphatic rings. The molecule has 436 valence electrons. The molecule has 3 amide bonds. The van der Waals surface area contributed by atoms with E-state index in [1.165, 1.54) is 12.1 Å². The molecule has 8 heterocycles. The summed E-state index contributed by atoms with van der Waals surface area (Å²) in [5.41, 5.74) is 12.1. The molecule has 0 aliphatic carbocycles. The normalized spacial score (nSPS) is 16.3. The fourth-order valence-electron chi connectivity index (χ4n) is 9.89. The number of aliphatic imine (C=N–C) groups is 1. The van der Waals surface area contributed by atoms with Gasteiger partial charge in [-0.15, -0.1) is 0 Å². The van der Waals surface area contributed by atoms with Crippen LogP contribution >= 0.6 is 0 Å². The van der Waals surface area contributed by atoms with Gasteiger partial charge in [0.1, 0.15) is 29.7 Å². The number of anilines is 4. The van der Waals surface area contributed by atoms with Crippen molar-refractivity contribution < 1.29 is 32.6 Å². The van der Waals surface area contributed by atoms with Crippen LogP contribution in [0.1, 0.15) is 80.2 Å². The number of hydrogen-bond acceptors (Lipinski definition) is 14. The molecule has 0 spiro atoms. The van der Waals surface area contributed by atoms with E-state index < -0.39 is 31.5 Å². The molecule has 2 atom stereocenters. The highest BCUT2D eigenvalue weighted by atomic mass is 28.3. The largest absolute Gasteiger partial charge is 0.444 e. The van der Waals surface area contributed by atoms with Crippen molar-refractivity contribution in [1.29, 1.82) is 0 Å². The second-order valence-electron chi connectivity index (χ2n) is 23.2. The highest BCUT2D eigenvalue weighted by Gasteiger charge is 2.30. The minimum absolute atomic E-state index is 0.0121. The Hall–Kier alpha value is -8.41. The number of rotatable bonds is 18. The number of allylic oxidation sites excluding steroid dienone is 1.